The zero-order chi connectivity index (χ0) is 30.2. The van der Waals surface area contributed by atoms with E-state index < -0.39 is 33.4 Å². The largest absolute Gasteiger partial charge is 0.394 e. The molecule has 6 atom stereocenters. The monoisotopic (exact) mass is 592 g/mol. The Morgan fingerprint density at radius 2 is 1.71 bits per heavy atom. The van der Waals surface area contributed by atoms with Crippen LogP contribution in [0.25, 0.3) is 0 Å². The van der Waals surface area contributed by atoms with Crippen LogP contribution in [0.3, 0.4) is 0 Å². The maximum absolute atomic E-state index is 14.4. The summed E-state index contributed by atoms with van der Waals surface area (Å²) in [6, 6.07) is 16.2. The smallest absolute Gasteiger partial charge is 0.248 e. The molecular formula is C33H44N4O4S. The van der Waals surface area contributed by atoms with Gasteiger partial charge in [-0.05, 0) is 69.4 Å². The molecule has 9 heteroatoms. The summed E-state index contributed by atoms with van der Waals surface area (Å²) in [5, 5.41) is 16.6. The van der Waals surface area contributed by atoms with E-state index in [-0.39, 0.29) is 30.2 Å². The molecule has 2 bridgehead atoms. The van der Waals surface area contributed by atoms with Crippen molar-refractivity contribution in [2.75, 3.05) is 29.9 Å². The summed E-state index contributed by atoms with van der Waals surface area (Å²) in [4.78, 5) is 46.3. The molecule has 42 heavy (non-hydrogen) atoms. The third-order valence-corrected chi connectivity index (χ3v) is 11.6. The van der Waals surface area contributed by atoms with Crippen LogP contribution in [-0.2, 0) is 20.9 Å². The highest BCUT2D eigenvalue weighted by Crippen LogP contribution is 2.71. The number of hydrogen-bond donors (Lipinski definition) is 3. The minimum atomic E-state index is -0.796. The average Bonchev–Trinajstić information content (AvgIpc) is 3.55. The fraction of sp³-hybridized carbons (Fsp3) is 0.545. The van der Waals surface area contributed by atoms with E-state index in [1.54, 1.807) is 16.7 Å². The molecule has 0 aromatic heterocycles. The van der Waals surface area contributed by atoms with Gasteiger partial charge in [-0.1, -0.05) is 44.2 Å². The van der Waals surface area contributed by atoms with Crippen LogP contribution in [0, 0.1) is 17.8 Å². The van der Waals surface area contributed by atoms with Crippen molar-refractivity contribution in [2.45, 2.75) is 75.6 Å². The van der Waals surface area contributed by atoms with Crippen molar-refractivity contribution in [2.24, 2.45) is 17.8 Å². The molecule has 2 aromatic carbocycles. The number of nitrogens with zero attached hydrogens (tertiary/aromatic N) is 2. The van der Waals surface area contributed by atoms with Gasteiger partial charge in [0.25, 0.3) is 0 Å². The Hall–Kier alpha value is -3.04. The third kappa shape index (κ3) is 5.08. The van der Waals surface area contributed by atoms with Crippen LogP contribution in [0.15, 0.2) is 54.6 Å². The lowest BCUT2D eigenvalue weighted by Gasteiger charge is -2.38. The second-order valence-electron chi connectivity index (χ2n) is 12.4. The molecule has 0 aliphatic carbocycles. The highest BCUT2D eigenvalue weighted by molar-refractivity contribution is 8.02. The van der Waals surface area contributed by atoms with E-state index in [1.807, 2.05) is 68.4 Å². The van der Waals surface area contributed by atoms with Crippen molar-refractivity contribution < 1.29 is 19.5 Å². The van der Waals surface area contributed by atoms with Crippen LogP contribution in [0.1, 0.15) is 53.0 Å². The number of rotatable bonds is 11. The topological polar surface area (TPSA) is 102 Å². The summed E-state index contributed by atoms with van der Waals surface area (Å²) in [5.74, 6) is -1.87. The first-order chi connectivity index (χ1) is 20.1. The molecule has 2 unspecified atom stereocenters. The molecule has 3 heterocycles. The van der Waals surface area contributed by atoms with Gasteiger partial charge in [0.15, 0.2) is 0 Å². The van der Waals surface area contributed by atoms with E-state index >= 15 is 0 Å². The number of hydrogen-bond acceptors (Lipinski definition) is 6. The summed E-state index contributed by atoms with van der Waals surface area (Å²) in [6.45, 7) is 12.1. The SMILES string of the molecule is CCN(CC)c1ccc(NC(=O)C2N([C@@H](CO)C(C)C)C(=O)[C@@H]3[C@H](C(=O)NCc4ccccc4)[C@]4(C)CCC23S4)cc1. The molecule has 5 rings (SSSR count). The molecule has 3 N–H and O–H groups in total. The molecular weight excluding hydrogens is 548 g/mol. The second-order valence-corrected chi connectivity index (χ2v) is 14.3. The average molecular weight is 593 g/mol. The van der Waals surface area contributed by atoms with Gasteiger partial charge in [0.1, 0.15) is 6.04 Å². The van der Waals surface area contributed by atoms with Crippen molar-refractivity contribution in [1.29, 1.82) is 0 Å². The normalized spacial score (nSPS) is 28.6. The van der Waals surface area contributed by atoms with E-state index in [0.717, 1.165) is 30.8 Å². The zero-order valence-electron chi connectivity index (χ0n) is 25.3. The minimum absolute atomic E-state index is 0.0685. The van der Waals surface area contributed by atoms with Gasteiger partial charge in [-0.15, -0.1) is 11.8 Å². The first-order valence-corrected chi connectivity index (χ1v) is 16.0. The Bertz CT molecular complexity index is 1300. The number of aliphatic hydroxyl groups excluding tert-OH is 1. The van der Waals surface area contributed by atoms with Gasteiger partial charge in [-0.3, -0.25) is 14.4 Å². The number of carbonyl (C=O) groups is 3. The Balaban J connectivity index is 1.46. The summed E-state index contributed by atoms with van der Waals surface area (Å²) in [7, 11) is 0. The number of benzene rings is 2. The predicted octanol–water partition coefficient (Wildman–Crippen LogP) is 4.29. The van der Waals surface area contributed by atoms with E-state index in [9.17, 15) is 19.5 Å². The van der Waals surface area contributed by atoms with Crippen molar-refractivity contribution in [3.63, 3.8) is 0 Å². The van der Waals surface area contributed by atoms with Crippen molar-refractivity contribution >= 4 is 40.9 Å². The van der Waals surface area contributed by atoms with Gasteiger partial charge < -0.3 is 25.5 Å². The fourth-order valence-electron chi connectivity index (χ4n) is 7.49. The Kier molecular flexibility index (Phi) is 8.63. The molecule has 3 aliphatic rings. The maximum Gasteiger partial charge on any atom is 0.248 e. The molecule has 1 spiro atoms. The summed E-state index contributed by atoms with van der Waals surface area (Å²) in [5.41, 5.74) is 2.73. The van der Waals surface area contributed by atoms with Gasteiger partial charge in [-0.25, -0.2) is 0 Å². The minimum Gasteiger partial charge on any atom is -0.394 e. The van der Waals surface area contributed by atoms with E-state index in [2.05, 4.69) is 36.3 Å². The molecule has 3 amide bonds. The van der Waals surface area contributed by atoms with Crippen molar-refractivity contribution in [3.8, 4) is 0 Å². The van der Waals surface area contributed by atoms with Gasteiger partial charge in [0, 0.05) is 35.8 Å². The first kappa shape index (κ1) is 30.4. The standard InChI is InChI=1S/C33H44N4O4S/c1-6-36(7-2)24-15-13-23(14-16-24)35-30(40)28-33-18-17-32(5,42-33)26(29(39)34-19-22-11-9-8-10-12-22)27(33)31(41)37(28)25(20-38)21(3)4/h8-16,21,25-28,38H,6-7,17-20H2,1-5H3,(H,34,39)(H,35,40)/t25-,26+,27-,28?,32-,33?/m0/s1. The summed E-state index contributed by atoms with van der Waals surface area (Å²) >= 11 is 1.64. The molecule has 226 valence electrons. The number of fused-ring (bicyclic) bond motifs is 1. The second kappa shape index (κ2) is 11.9. The van der Waals surface area contributed by atoms with Gasteiger partial charge in [0.05, 0.1) is 29.2 Å². The lowest BCUT2D eigenvalue weighted by molar-refractivity contribution is -0.143. The van der Waals surface area contributed by atoms with Crippen molar-refractivity contribution in [3.05, 3.63) is 60.2 Å². The van der Waals surface area contributed by atoms with Crippen molar-refractivity contribution in [1.82, 2.24) is 10.2 Å². The van der Waals surface area contributed by atoms with Crippen LogP contribution in [0.2, 0.25) is 0 Å². The molecule has 3 saturated heterocycles. The third-order valence-electron chi connectivity index (χ3n) is 9.63. The summed E-state index contributed by atoms with van der Waals surface area (Å²) in [6.07, 6.45) is 1.41. The summed E-state index contributed by atoms with van der Waals surface area (Å²) < 4.78 is -1.20. The number of nitrogens with one attached hydrogen (secondary N) is 2. The number of thioether (sulfide) groups is 1. The molecule has 0 saturated carbocycles. The molecule has 3 fully saturated rings. The van der Waals surface area contributed by atoms with Gasteiger partial charge in [0.2, 0.25) is 17.7 Å². The zero-order valence-corrected chi connectivity index (χ0v) is 26.1. The Labute approximate surface area is 253 Å². The fourth-order valence-corrected chi connectivity index (χ4v) is 9.83. The maximum atomic E-state index is 14.4. The van der Waals surface area contributed by atoms with Crippen LogP contribution >= 0.6 is 11.8 Å². The van der Waals surface area contributed by atoms with E-state index in [4.69, 9.17) is 0 Å². The Morgan fingerprint density at radius 1 is 1.05 bits per heavy atom. The lowest BCUT2D eigenvalue weighted by atomic mass is 9.66. The van der Waals surface area contributed by atoms with Crippen LogP contribution < -0.4 is 15.5 Å². The van der Waals surface area contributed by atoms with Crippen LogP contribution in [0.4, 0.5) is 11.4 Å². The molecule has 3 aliphatic heterocycles. The highest BCUT2D eigenvalue weighted by Gasteiger charge is 2.77. The number of likely N-dealkylation sites (tertiary alicyclic amines) is 1. The number of amides is 3. The van der Waals surface area contributed by atoms with Gasteiger partial charge in [-0.2, -0.15) is 0 Å². The van der Waals surface area contributed by atoms with E-state index in [0.29, 0.717) is 18.7 Å². The Morgan fingerprint density at radius 3 is 2.31 bits per heavy atom. The highest BCUT2D eigenvalue weighted by atomic mass is 32.2. The molecule has 2 aromatic rings. The van der Waals surface area contributed by atoms with Crippen LogP contribution in [0.5, 0.6) is 0 Å². The van der Waals surface area contributed by atoms with Gasteiger partial charge >= 0.3 is 0 Å². The lowest BCUT2D eigenvalue weighted by Crippen LogP contribution is -2.56. The molecule has 8 nitrogen and oxygen atoms in total. The predicted molar refractivity (Wildman–Crippen MR) is 168 cm³/mol. The number of anilines is 2. The quantitative estimate of drug-likeness (QED) is 0.360. The van der Waals surface area contributed by atoms with Crippen LogP contribution in [-0.4, -0.2) is 69.0 Å². The number of carbonyl (C=O) groups excluding carboxylic acids is 3. The first-order valence-electron chi connectivity index (χ1n) is 15.2. The van der Waals surface area contributed by atoms with E-state index in [1.165, 1.54) is 0 Å². The number of aliphatic hydroxyl groups is 1. The molecule has 0 radical (unpaired) electrons.